The third-order valence-corrected chi connectivity index (χ3v) is 3.70. The van der Waals surface area contributed by atoms with E-state index >= 15 is 0 Å². The summed E-state index contributed by atoms with van der Waals surface area (Å²) >= 11 is 6.18. The topological polar surface area (TPSA) is 47.6 Å². The van der Waals surface area contributed by atoms with Crippen molar-refractivity contribution in [2.75, 3.05) is 18.5 Å². The molecule has 6 heteroatoms. The Bertz CT molecular complexity index is 719. The standard InChI is InChI=1S/C17H15ClFNO3/c18-13-9-15-16(23-7-1-6-22-15)10-14(13)20-17(21)8-11-2-4-12(19)5-3-11/h2-5,9-10H,1,6-8H2,(H,20,21). The molecular formula is C17H15ClFNO3. The molecule has 4 nitrogen and oxygen atoms in total. The van der Waals surface area contributed by atoms with Crippen LogP contribution < -0.4 is 14.8 Å². The van der Waals surface area contributed by atoms with Gasteiger partial charge in [-0.1, -0.05) is 23.7 Å². The van der Waals surface area contributed by atoms with Gasteiger partial charge in [-0.2, -0.15) is 0 Å². The second kappa shape index (κ2) is 6.87. The van der Waals surface area contributed by atoms with Crippen LogP contribution in [0.1, 0.15) is 12.0 Å². The zero-order valence-corrected chi connectivity index (χ0v) is 13.0. The highest BCUT2D eigenvalue weighted by Crippen LogP contribution is 2.37. The molecule has 0 atom stereocenters. The van der Waals surface area contributed by atoms with Gasteiger partial charge in [-0.25, -0.2) is 4.39 Å². The monoisotopic (exact) mass is 335 g/mol. The summed E-state index contributed by atoms with van der Waals surface area (Å²) in [4.78, 5) is 12.1. The van der Waals surface area contributed by atoms with E-state index in [0.717, 1.165) is 12.0 Å². The Morgan fingerprint density at radius 2 is 1.78 bits per heavy atom. The molecule has 0 saturated carbocycles. The Balaban J connectivity index is 1.73. The van der Waals surface area contributed by atoms with Gasteiger partial charge in [-0.15, -0.1) is 0 Å². The van der Waals surface area contributed by atoms with Crippen molar-refractivity contribution < 1.29 is 18.7 Å². The van der Waals surface area contributed by atoms with E-state index in [1.54, 1.807) is 24.3 Å². The SMILES string of the molecule is O=C(Cc1ccc(F)cc1)Nc1cc2c(cc1Cl)OCCCO2. The van der Waals surface area contributed by atoms with E-state index < -0.39 is 0 Å². The predicted molar refractivity (Wildman–Crippen MR) is 85.8 cm³/mol. The molecule has 1 aliphatic heterocycles. The number of benzene rings is 2. The molecule has 3 rings (SSSR count). The number of carbonyl (C=O) groups is 1. The number of hydrogen-bond donors (Lipinski definition) is 1. The molecule has 0 bridgehead atoms. The van der Waals surface area contributed by atoms with Gasteiger partial charge in [0.05, 0.1) is 30.3 Å². The Morgan fingerprint density at radius 3 is 2.48 bits per heavy atom. The molecule has 0 aromatic heterocycles. The van der Waals surface area contributed by atoms with Gasteiger partial charge in [-0.05, 0) is 17.7 Å². The highest BCUT2D eigenvalue weighted by Gasteiger charge is 2.15. The average molecular weight is 336 g/mol. The van der Waals surface area contributed by atoms with Gasteiger partial charge in [0.25, 0.3) is 0 Å². The minimum absolute atomic E-state index is 0.130. The highest BCUT2D eigenvalue weighted by molar-refractivity contribution is 6.34. The average Bonchev–Trinajstić information content (AvgIpc) is 2.75. The third-order valence-electron chi connectivity index (χ3n) is 3.39. The lowest BCUT2D eigenvalue weighted by Crippen LogP contribution is -2.14. The zero-order valence-electron chi connectivity index (χ0n) is 12.3. The minimum Gasteiger partial charge on any atom is -0.490 e. The quantitative estimate of drug-likeness (QED) is 0.927. The van der Waals surface area contributed by atoms with Crippen molar-refractivity contribution in [1.82, 2.24) is 0 Å². The van der Waals surface area contributed by atoms with Crippen molar-refractivity contribution in [2.24, 2.45) is 0 Å². The molecule has 1 aliphatic rings. The van der Waals surface area contributed by atoms with Crippen LogP contribution in [0, 0.1) is 5.82 Å². The maximum absolute atomic E-state index is 12.9. The molecule has 0 radical (unpaired) electrons. The van der Waals surface area contributed by atoms with E-state index in [0.29, 0.717) is 35.4 Å². The maximum Gasteiger partial charge on any atom is 0.228 e. The largest absolute Gasteiger partial charge is 0.490 e. The summed E-state index contributed by atoms with van der Waals surface area (Å²) in [7, 11) is 0. The van der Waals surface area contributed by atoms with Crippen LogP contribution in [-0.2, 0) is 11.2 Å². The summed E-state index contributed by atoms with van der Waals surface area (Å²) in [5.74, 6) is 0.557. The fourth-order valence-electron chi connectivity index (χ4n) is 2.26. The van der Waals surface area contributed by atoms with Crippen LogP contribution in [0.15, 0.2) is 36.4 Å². The molecule has 23 heavy (non-hydrogen) atoms. The number of anilines is 1. The van der Waals surface area contributed by atoms with Gasteiger partial charge in [0.2, 0.25) is 5.91 Å². The highest BCUT2D eigenvalue weighted by atomic mass is 35.5. The molecule has 2 aromatic rings. The van der Waals surface area contributed by atoms with Crippen LogP contribution in [0.3, 0.4) is 0 Å². The van der Waals surface area contributed by atoms with Crippen molar-refractivity contribution in [3.05, 3.63) is 52.8 Å². The number of rotatable bonds is 3. The molecule has 1 amide bonds. The predicted octanol–water partition coefficient (Wildman–Crippen LogP) is 3.82. The fourth-order valence-corrected chi connectivity index (χ4v) is 2.46. The Kier molecular flexibility index (Phi) is 4.67. The van der Waals surface area contributed by atoms with Crippen molar-refractivity contribution >= 4 is 23.2 Å². The molecule has 120 valence electrons. The van der Waals surface area contributed by atoms with E-state index in [9.17, 15) is 9.18 Å². The summed E-state index contributed by atoms with van der Waals surface area (Å²) in [6, 6.07) is 9.09. The lowest BCUT2D eigenvalue weighted by molar-refractivity contribution is -0.115. The molecule has 0 fully saturated rings. The van der Waals surface area contributed by atoms with Crippen LogP contribution in [0.2, 0.25) is 5.02 Å². The first-order valence-electron chi connectivity index (χ1n) is 7.25. The number of fused-ring (bicyclic) bond motifs is 1. The van der Waals surface area contributed by atoms with Gasteiger partial charge in [0.1, 0.15) is 5.82 Å². The van der Waals surface area contributed by atoms with Gasteiger partial charge < -0.3 is 14.8 Å². The number of halogens is 2. The van der Waals surface area contributed by atoms with E-state index in [1.165, 1.54) is 12.1 Å². The van der Waals surface area contributed by atoms with Crippen LogP contribution in [0.4, 0.5) is 10.1 Å². The van der Waals surface area contributed by atoms with E-state index in [1.807, 2.05) is 0 Å². The maximum atomic E-state index is 12.9. The van der Waals surface area contributed by atoms with E-state index in [2.05, 4.69) is 5.32 Å². The molecular weight excluding hydrogens is 321 g/mol. The van der Waals surface area contributed by atoms with Crippen molar-refractivity contribution in [3.8, 4) is 11.5 Å². The minimum atomic E-state index is -0.333. The Labute approximate surface area is 138 Å². The van der Waals surface area contributed by atoms with Crippen molar-refractivity contribution in [2.45, 2.75) is 12.8 Å². The third kappa shape index (κ3) is 3.93. The smallest absolute Gasteiger partial charge is 0.228 e. The second-order valence-electron chi connectivity index (χ2n) is 5.18. The first kappa shape index (κ1) is 15.6. The number of carbonyl (C=O) groups excluding carboxylic acids is 1. The molecule has 1 N–H and O–H groups in total. The summed E-state index contributed by atoms with van der Waals surface area (Å²) < 4.78 is 24.0. The van der Waals surface area contributed by atoms with Crippen LogP contribution in [0.25, 0.3) is 0 Å². The molecule has 2 aromatic carbocycles. The van der Waals surface area contributed by atoms with E-state index in [4.69, 9.17) is 21.1 Å². The van der Waals surface area contributed by atoms with Crippen LogP contribution >= 0.6 is 11.6 Å². The second-order valence-corrected chi connectivity index (χ2v) is 5.59. The molecule has 0 unspecified atom stereocenters. The van der Waals surface area contributed by atoms with Gasteiger partial charge in [-0.3, -0.25) is 4.79 Å². The van der Waals surface area contributed by atoms with Crippen molar-refractivity contribution in [1.29, 1.82) is 0 Å². The number of ether oxygens (including phenoxy) is 2. The number of amides is 1. The lowest BCUT2D eigenvalue weighted by Gasteiger charge is -2.12. The Morgan fingerprint density at radius 1 is 1.13 bits per heavy atom. The van der Waals surface area contributed by atoms with Crippen LogP contribution in [0.5, 0.6) is 11.5 Å². The lowest BCUT2D eigenvalue weighted by atomic mass is 10.1. The molecule has 1 heterocycles. The molecule has 0 aliphatic carbocycles. The Hall–Kier alpha value is -2.27. The molecule has 0 spiro atoms. The van der Waals surface area contributed by atoms with Gasteiger partial charge in [0, 0.05) is 18.6 Å². The first-order valence-corrected chi connectivity index (χ1v) is 7.63. The van der Waals surface area contributed by atoms with Crippen LogP contribution in [-0.4, -0.2) is 19.1 Å². The summed E-state index contributed by atoms with van der Waals surface area (Å²) in [5, 5.41) is 3.12. The summed E-state index contributed by atoms with van der Waals surface area (Å²) in [6.45, 7) is 1.12. The van der Waals surface area contributed by atoms with Gasteiger partial charge >= 0.3 is 0 Å². The number of nitrogens with one attached hydrogen (secondary N) is 1. The normalized spacial score (nSPS) is 13.3. The molecule has 0 saturated heterocycles. The summed E-state index contributed by atoms with van der Waals surface area (Å²) in [6.07, 6.45) is 0.920. The first-order chi connectivity index (χ1) is 11.1. The summed E-state index contributed by atoms with van der Waals surface area (Å²) in [5.41, 5.74) is 1.18. The van der Waals surface area contributed by atoms with E-state index in [-0.39, 0.29) is 18.1 Å². The number of hydrogen-bond acceptors (Lipinski definition) is 3. The van der Waals surface area contributed by atoms with Crippen molar-refractivity contribution in [3.63, 3.8) is 0 Å². The van der Waals surface area contributed by atoms with Gasteiger partial charge in [0.15, 0.2) is 11.5 Å². The zero-order chi connectivity index (χ0) is 16.2. The fraction of sp³-hybridized carbons (Fsp3) is 0.235.